The van der Waals surface area contributed by atoms with Crippen molar-refractivity contribution in [3.8, 4) is 0 Å². The number of nitro groups is 1. The maximum Gasteiger partial charge on any atom is 0.354 e. The van der Waals surface area contributed by atoms with Gasteiger partial charge in [-0.1, -0.05) is 43.0 Å². The number of hydrogen-bond acceptors (Lipinski definition) is 3. The number of benzene rings is 1. The fourth-order valence-corrected chi connectivity index (χ4v) is 1.55. The van der Waals surface area contributed by atoms with Crippen molar-refractivity contribution >= 4 is 24.2 Å². The lowest BCUT2D eigenvalue weighted by molar-refractivity contribution is -0.390. The van der Waals surface area contributed by atoms with E-state index in [0.717, 1.165) is 5.56 Å². The lowest BCUT2D eigenvalue weighted by Gasteiger charge is -1.95. The second kappa shape index (κ2) is 5.09. The molecule has 0 aliphatic carbocycles. The summed E-state index contributed by atoms with van der Waals surface area (Å²) in [7, 11) is 0. The summed E-state index contributed by atoms with van der Waals surface area (Å²) in [5.74, 6) is -0.0859. The molecule has 2 aromatic rings. The maximum absolute atomic E-state index is 10.9. The molecule has 0 radical (unpaired) electrons. The van der Waals surface area contributed by atoms with Gasteiger partial charge in [-0.2, -0.15) is 4.57 Å². The van der Waals surface area contributed by atoms with Crippen LogP contribution in [0, 0.1) is 10.1 Å². The second-order valence-corrected chi connectivity index (χ2v) is 3.54. The van der Waals surface area contributed by atoms with Crippen molar-refractivity contribution in [1.82, 2.24) is 9.55 Å². The highest BCUT2D eigenvalue weighted by Gasteiger charge is 2.17. The minimum absolute atomic E-state index is 0.0859. The highest BCUT2D eigenvalue weighted by atomic mass is 16.6. The molecule has 0 unspecified atom stereocenters. The lowest BCUT2D eigenvalue weighted by Crippen LogP contribution is -1.96. The van der Waals surface area contributed by atoms with Gasteiger partial charge in [0.1, 0.15) is 0 Å². The molecule has 18 heavy (non-hydrogen) atoms. The molecular formula is C13H11N3O2. The summed E-state index contributed by atoms with van der Waals surface area (Å²) in [5, 5.41) is 10.9. The minimum Gasteiger partial charge on any atom is -0.358 e. The molecular weight excluding hydrogens is 230 g/mol. The molecule has 0 N–H and O–H groups in total. The van der Waals surface area contributed by atoms with E-state index in [-0.39, 0.29) is 5.82 Å². The van der Waals surface area contributed by atoms with Crippen LogP contribution in [0.2, 0.25) is 0 Å². The molecule has 0 fully saturated rings. The highest BCUT2D eigenvalue weighted by molar-refractivity contribution is 5.71. The van der Waals surface area contributed by atoms with Gasteiger partial charge >= 0.3 is 5.82 Å². The predicted molar refractivity (Wildman–Crippen MR) is 70.6 cm³/mol. The number of aromatic nitrogens is 2. The second-order valence-electron chi connectivity index (χ2n) is 3.54. The Morgan fingerprint density at radius 2 is 2.00 bits per heavy atom. The van der Waals surface area contributed by atoms with Crippen molar-refractivity contribution < 1.29 is 4.92 Å². The SMILES string of the molecule is C=Cn1cnc(/C=C/c2ccccc2)c1[N+](=O)[O-]. The van der Waals surface area contributed by atoms with Gasteiger partial charge in [0.25, 0.3) is 0 Å². The summed E-state index contributed by atoms with van der Waals surface area (Å²) in [5.41, 5.74) is 1.27. The van der Waals surface area contributed by atoms with Gasteiger partial charge in [0.05, 0.1) is 6.20 Å². The van der Waals surface area contributed by atoms with Gasteiger partial charge in [-0.05, 0) is 16.6 Å². The molecule has 5 heteroatoms. The van der Waals surface area contributed by atoms with Crippen LogP contribution >= 0.6 is 0 Å². The van der Waals surface area contributed by atoms with Crippen LogP contribution in [0.4, 0.5) is 5.82 Å². The summed E-state index contributed by atoms with van der Waals surface area (Å²) >= 11 is 0. The fraction of sp³-hybridized carbons (Fsp3) is 0. The Bertz CT molecular complexity index is 600. The molecule has 1 heterocycles. The first-order valence-electron chi connectivity index (χ1n) is 5.29. The molecule has 0 saturated heterocycles. The van der Waals surface area contributed by atoms with Crippen LogP contribution in [0.5, 0.6) is 0 Å². The van der Waals surface area contributed by atoms with E-state index in [1.807, 2.05) is 30.3 Å². The van der Waals surface area contributed by atoms with E-state index >= 15 is 0 Å². The van der Waals surface area contributed by atoms with Crippen molar-refractivity contribution in [2.75, 3.05) is 0 Å². The van der Waals surface area contributed by atoms with E-state index in [1.54, 1.807) is 12.2 Å². The van der Waals surface area contributed by atoms with Crippen molar-refractivity contribution in [3.63, 3.8) is 0 Å². The largest absolute Gasteiger partial charge is 0.358 e. The third kappa shape index (κ3) is 2.35. The Morgan fingerprint density at radius 1 is 1.28 bits per heavy atom. The monoisotopic (exact) mass is 241 g/mol. The standard InChI is InChI=1S/C13H11N3O2/c1-2-15-10-14-12(13(15)16(17)18)9-8-11-6-4-3-5-7-11/h2-10H,1H2/b9-8+. The number of hydrogen-bond donors (Lipinski definition) is 0. The van der Waals surface area contributed by atoms with E-state index in [9.17, 15) is 10.1 Å². The fourth-order valence-electron chi connectivity index (χ4n) is 1.55. The van der Waals surface area contributed by atoms with Crippen LogP contribution in [0.3, 0.4) is 0 Å². The Balaban J connectivity index is 2.35. The van der Waals surface area contributed by atoms with E-state index in [2.05, 4.69) is 11.6 Å². The normalized spacial score (nSPS) is 10.7. The Labute approximate surface area is 104 Å². The molecule has 0 saturated carbocycles. The summed E-state index contributed by atoms with van der Waals surface area (Å²) in [4.78, 5) is 14.5. The summed E-state index contributed by atoms with van der Waals surface area (Å²) < 4.78 is 1.28. The summed E-state index contributed by atoms with van der Waals surface area (Å²) in [6.45, 7) is 3.50. The van der Waals surface area contributed by atoms with Crippen LogP contribution in [0.1, 0.15) is 11.3 Å². The molecule has 5 nitrogen and oxygen atoms in total. The van der Waals surface area contributed by atoms with Crippen LogP contribution in [0.15, 0.2) is 43.2 Å². The summed E-state index contributed by atoms with van der Waals surface area (Å²) in [6.07, 6.45) is 6.12. The van der Waals surface area contributed by atoms with Gasteiger partial charge in [-0.15, -0.1) is 0 Å². The first-order valence-corrected chi connectivity index (χ1v) is 5.29. The predicted octanol–water partition coefficient (Wildman–Crippen LogP) is 3.06. The Morgan fingerprint density at radius 3 is 2.61 bits per heavy atom. The smallest absolute Gasteiger partial charge is 0.354 e. The van der Waals surface area contributed by atoms with Crippen molar-refractivity contribution in [3.05, 3.63) is 64.6 Å². The van der Waals surface area contributed by atoms with Crippen LogP contribution in [-0.2, 0) is 0 Å². The van der Waals surface area contributed by atoms with Crippen LogP contribution in [0.25, 0.3) is 18.4 Å². The van der Waals surface area contributed by atoms with Gasteiger partial charge < -0.3 is 10.1 Å². The van der Waals surface area contributed by atoms with Gasteiger partial charge in [-0.25, -0.2) is 4.98 Å². The number of nitrogens with zero attached hydrogens (tertiary/aromatic N) is 3. The highest BCUT2D eigenvalue weighted by Crippen LogP contribution is 2.19. The zero-order chi connectivity index (χ0) is 13.0. The zero-order valence-electron chi connectivity index (χ0n) is 9.56. The van der Waals surface area contributed by atoms with Gasteiger partial charge in [0, 0.05) is 0 Å². The molecule has 0 spiro atoms. The molecule has 1 aromatic carbocycles. The third-order valence-electron chi connectivity index (χ3n) is 2.40. The maximum atomic E-state index is 10.9. The average molecular weight is 241 g/mol. The van der Waals surface area contributed by atoms with E-state index in [0.29, 0.717) is 5.69 Å². The van der Waals surface area contributed by atoms with Crippen molar-refractivity contribution in [1.29, 1.82) is 0 Å². The van der Waals surface area contributed by atoms with Crippen LogP contribution in [-0.4, -0.2) is 14.5 Å². The van der Waals surface area contributed by atoms with E-state index < -0.39 is 4.92 Å². The molecule has 90 valence electrons. The number of rotatable bonds is 4. The van der Waals surface area contributed by atoms with Crippen molar-refractivity contribution in [2.45, 2.75) is 0 Å². The summed E-state index contributed by atoms with van der Waals surface area (Å²) in [6, 6.07) is 9.53. The first kappa shape index (κ1) is 11.8. The van der Waals surface area contributed by atoms with Crippen LogP contribution < -0.4 is 0 Å². The molecule has 2 rings (SSSR count). The molecule has 0 aliphatic heterocycles. The van der Waals surface area contributed by atoms with E-state index in [1.165, 1.54) is 17.1 Å². The quantitative estimate of drug-likeness (QED) is 0.610. The molecule has 0 aliphatic rings. The van der Waals surface area contributed by atoms with Crippen molar-refractivity contribution in [2.24, 2.45) is 0 Å². The molecule has 0 amide bonds. The minimum atomic E-state index is -0.473. The molecule has 1 aromatic heterocycles. The third-order valence-corrected chi connectivity index (χ3v) is 2.40. The average Bonchev–Trinajstić information content (AvgIpc) is 2.80. The lowest BCUT2D eigenvalue weighted by atomic mass is 10.2. The molecule has 0 atom stereocenters. The van der Waals surface area contributed by atoms with Gasteiger partial charge in [0.15, 0.2) is 12.0 Å². The Hall–Kier alpha value is -2.69. The Kier molecular flexibility index (Phi) is 3.33. The van der Waals surface area contributed by atoms with Gasteiger partial charge in [-0.3, -0.25) is 0 Å². The molecule has 0 bridgehead atoms. The van der Waals surface area contributed by atoms with E-state index in [4.69, 9.17) is 0 Å². The topological polar surface area (TPSA) is 61.0 Å². The number of imidazole rings is 1. The van der Waals surface area contributed by atoms with Gasteiger partial charge in [0.2, 0.25) is 0 Å². The zero-order valence-corrected chi connectivity index (χ0v) is 9.56. The first-order chi connectivity index (χ1) is 8.72.